The monoisotopic (exact) mass is 272 g/mol. The Labute approximate surface area is 116 Å². The van der Waals surface area contributed by atoms with Gasteiger partial charge in [0, 0.05) is 19.0 Å². The molecule has 0 bridgehead atoms. The maximum absolute atomic E-state index is 11.6. The van der Waals surface area contributed by atoms with Gasteiger partial charge in [0.1, 0.15) is 6.04 Å². The molecular formula is C14H28N2O3. The zero-order chi connectivity index (χ0) is 14.7. The van der Waals surface area contributed by atoms with E-state index < -0.39 is 0 Å². The number of ether oxygens (including phenoxy) is 1. The third-order valence-electron chi connectivity index (χ3n) is 3.09. The van der Waals surface area contributed by atoms with E-state index in [0.717, 1.165) is 25.7 Å². The minimum Gasteiger partial charge on any atom is -0.468 e. The summed E-state index contributed by atoms with van der Waals surface area (Å²) in [6.07, 6.45) is 4.04. The molecule has 5 nitrogen and oxygen atoms in total. The van der Waals surface area contributed by atoms with Gasteiger partial charge in [-0.3, -0.25) is 9.59 Å². The van der Waals surface area contributed by atoms with E-state index in [-0.39, 0.29) is 24.0 Å². The summed E-state index contributed by atoms with van der Waals surface area (Å²) in [5.41, 5.74) is 0. The Morgan fingerprint density at radius 2 is 1.95 bits per heavy atom. The zero-order valence-electron chi connectivity index (χ0n) is 12.6. The molecule has 0 aliphatic carbocycles. The van der Waals surface area contributed by atoms with E-state index in [2.05, 4.69) is 17.6 Å². The Morgan fingerprint density at radius 1 is 1.26 bits per heavy atom. The number of unbranched alkanes of at least 4 members (excludes halogenated alkanes) is 1. The molecule has 0 aromatic rings. The van der Waals surface area contributed by atoms with Crippen LogP contribution in [0.5, 0.6) is 0 Å². The van der Waals surface area contributed by atoms with Gasteiger partial charge in [-0.25, -0.2) is 0 Å². The molecule has 0 rings (SSSR count). The highest BCUT2D eigenvalue weighted by Crippen LogP contribution is 2.02. The van der Waals surface area contributed by atoms with Gasteiger partial charge in [-0.15, -0.1) is 0 Å². The zero-order valence-corrected chi connectivity index (χ0v) is 12.6. The van der Waals surface area contributed by atoms with Crippen molar-refractivity contribution in [1.82, 2.24) is 10.6 Å². The van der Waals surface area contributed by atoms with Gasteiger partial charge in [0.2, 0.25) is 5.91 Å². The molecule has 0 aliphatic rings. The van der Waals surface area contributed by atoms with Crippen LogP contribution in [0.25, 0.3) is 0 Å². The number of nitrogens with one attached hydrogen (secondary N) is 2. The lowest BCUT2D eigenvalue weighted by Gasteiger charge is -2.16. The van der Waals surface area contributed by atoms with Crippen LogP contribution in [0.3, 0.4) is 0 Å². The minimum absolute atomic E-state index is 0.0148. The summed E-state index contributed by atoms with van der Waals surface area (Å²) >= 11 is 0. The third kappa shape index (κ3) is 8.59. The number of hydrogen-bond donors (Lipinski definition) is 2. The number of amides is 1. The number of esters is 1. The van der Waals surface area contributed by atoms with Gasteiger partial charge >= 0.3 is 5.97 Å². The first-order valence-electron chi connectivity index (χ1n) is 7.15. The van der Waals surface area contributed by atoms with E-state index >= 15 is 0 Å². The number of carbonyl (C=O) groups is 2. The van der Waals surface area contributed by atoms with Crippen LogP contribution in [0.4, 0.5) is 0 Å². The van der Waals surface area contributed by atoms with Crippen molar-refractivity contribution in [2.24, 2.45) is 0 Å². The topological polar surface area (TPSA) is 67.4 Å². The smallest absolute Gasteiger partial charge is 0.322 e. The molecule has 112 valence electrons. The number of methoxy groups -OCH3 is 1. The van der Waals surface area contributed by atoms with Crippen molar-refractivity contribution in [3.05, 3.63) is 0 Å². The highest BCUT2D eigenvalue weighted by atomic mass is 16.5. The Morgan fingerprint density at radius 3 is 2.47 bits per heavy atom. The second-order valence-electron chi connectivity index (χ2n) is 4.80. The molecule has 19 heavy (non-hydrogen) atoms. The summed E-state index contributed by atoms with van der Waals surface area (Å²) in [6.45, 7) is 6.57. The van der Waals surface area contributed by atoms with Gasteiger partial charge in [0.15, 0.2) is 0 Å². The van der Waals surface area contributed by atoms with E-state index in [9.17, 15) is 9.59 Å². The summed E-state index contributed by atoms with van der Waals surface area (Å²) in [5, 5.41) is 5.99. The minimum atomic E-state index is -0.304. The van der Waals surface area contributed by atoms with Crippen LogP contribution in [0.1, 0.15) is 52.9 Å². The maximum Gasteiger partial charge on any atom is 0.322 e. The fourth-order valence-electron chi connectivity index (χ4n) is 1.66. The molecule has 0 spiro atoms. The largest absolute Gasteiger partial charge is 0.468 e. The Kier molecular flexibility index (Phi) is 10.2. The molecule has 2 unspecified atom stereocenters. The molecule has 2 N–H and O–H groups in total. The molecule has 0 fully saturated rings. The fraction of sp³-hybridized carbons (Fsp3) is 0.857. The van der Waals surface area contributed by atoms with Crippen LogP contribution in [0.2, 0.25) is 0 Å². The summed E-state index contributed by atoms with van der Waals surface area (Å²) in [7, 11) is 1.39. The van der Waals surface area contributed by atoms with Crippen LogP contribution in [-0.2, 0) is 14.3 Å². The maximum atomic E-state index is 11.6. The molecule has 1 amide bonds. The molecule has 0 aromatic carbocycles. The van der Waals surface area contributed by atoms with E-state index in [0.29, 0.717) is 13.0 Å². The number of hydrogen-bond acceptors (Lipinski definition) is 4. The molecule has 0 aromatic heterocycles. The van der Waals surface area contributed by atoms with Crippen LogP contribution in [-0.4, -0.2) is 37.6 Å². The molecule has 0 saturated carbocycles. The van der Waals surface area contributed by atoms with Crippen LogP contribution in [0.15, 0.2) is 0 Å². The van der Waals surface area contributed by atoms with Gasteiger partial charge in [-0.05, 0) is 19.8 Å². The predicted octanol–water partition coefficient (Wildman–Crippen LogP) is 1.61. The van der Waals surface area contributed by atoms with Crippen molar-refractivity contribution >= 4 is 11.9 Å². The third-order valence-corrected chi connectivity index (χ3v) is 3.09. The lowest BCUT2D eigenvalue weighted by Crippen LogP contribution is -2.40. The van der Waals surface area contributed by atoms with E-state index in [1.165, 1.54) is 7.11 Å². The Bertz CT molecular complexity index is 269. The molecule has 0 heterocycles. The van der Waals surface area contributed by atoms with Crippen molar-refractivity contribution in [2.45, 2.75) is 65.0 Å². The highest BCUT2D eigenvalue weighted by Gasteiger charge is 2.17. The first kappa shape index (κ1) is 17.9. The normalized spacial score (nSPS) is 13.7. The van der Waals surface area contributed by atoms with Gasteiger partial charge in [-0.2, -0.15) is 0 Å². The second-order valence-corrected chi connectivity index (χ2v) is 4.80. The Hall–Kier alpha value is -1.10. The number of rotatable bonds is 10. The second kappa shape index (κ2) is 10.8. The van der Waals surface area contributed by atoms with Crippen molar-refractivity contribution in [2.75, 3.05) is 13.7 Å². The van der Waals surface area contributed by atoms with Crippen molar-refractivity contribution in [3.63, 3.8) is 0 Å². The van der Waals surface area contributed by atoms with Crippen molar-refractivity contribution < 1.29 is 14.3 Å². The quantitative estimate of drug-likeness (QED) is 0.593. The summed E-state index contributed by atoms with van der Waals surface area (Å²) < 4.78 is 4.75. The summed E-state index contributed by atoms with van der Waals surface area (Å²) in [5.74, 6) is -0.239. The molecule has 0 saturated heterocycles. The fourth-order valence-corrected chi connectivity index (χ4v) is 1.66. The molecule has 0 radical (unpaired) electrons. The van der Waals surface area contributed by atoms with Crippen LogP contribution < -0.4 is 10.6 Å². The highest BCUT2D eigenvalue weighted by molar-refractivity contribution is 5.77. The molecule has 2 atom stereocenters. The van der Waals surface area contributed by atoms with Gasteiger partial charge in [0.05, 0.1) is 7.11 Å². The molecule has 5 heteroatoms. The molecular weight excluding hydrogens is 244 g/mol. The Balaban J connectivity index is 3.97. The first-order chi connectivity index (χ1) is 9.04. The van der Waals surface area contributed by atoms with Crippen LogP contribution >= 0.6 is 0 Å². The average Bonchev–Trinajstić information content (AvgIpc) is 2.41. The first-order valence-corrected chi connectivity index (χ1v) is 7.15. The van der Waals surface area contributed by atoms with E-state index in [1.807, 2.05) is 13.8 Å². The van der Waals surface area contributed by atoms with Gasteiger partial charge in [0.25, 0.3) is 0 Å². The van der Waals surface area contributed by atoms with Gasteiger partial charge < -0.3 is 15.4 Å². The van der Waals surface area contributed by atoms with Crippen LogP contribution in [0, 0.1) is 0 Å². The standard InChI is InChI=1S/C14H28N2O3/c1-5-7-8-12(14(18)19-4)15-10-9-13(17)16-11(3)6-2/h11-12,15H,5-10H2,1-4H3,(H,16,17). The molecule has 0 aliphatic heterocycles. The SMILES string of the molecule is CCCCC(NCCC(=O)NC(C)CC)C(=O)OC. The van der Waals surface area contributed by atoms with Crippen molar-refractivity contribution in [3.8, 4) is 0 Å². The lowest BCUT2D eigenvalue weighted by molar-refractivity contribution is -0.143. The van der Waals surface area contributed by atoms with E-state index in [1.54, 1.807) is 0 Å². The van der Waals surface area contributed by atoms with E-state index in [4.69, 9.17) is 4.74 Å². The summed E-state index contributed by atoms with van der Waals surface area (Å²) in [4.78, 5) is 23.1. The lowest BCUT2D eigenvalue weighted by atomic mass is 10.1. The average molecular weight is 272 g/mol. The van der Waals surface area contributed by atoms with Gasteiger partial charge in [-0.1, -0.05) is 26.7 Å². The number of carbonyl (C=O) groups excluding carboxylic acids is 2. The summed E-state index contributed by atoms with van der Waals surface area (Å²) in [6, 6.07) is -0.106. The van der Waals surface area contributed by atoms with Crippen molar-refractivity contribution in [1.29, 1.82) is 0 Å². The predicted molar refractivity (Wildman–Crippen MR) is 75.8 cm³/mol.